The number of nitriles is 1. The molecule has 0 radical (unpaired) electrons. The van der Waals surface area contributed by atoms with Gasteiger partial charge in [0, 0.05) is 13.1 Å². The topological polar surface area (TPSA) is 108 Å². The van der Waals surface area contributed by atoms with Crippen LogP contribution in [0.1, 0.15) is 41.5 Å². The third-order valence-electron chi connectivity index (χ3n) is 6.43. The summed E-state index contributed by atoms with van der Waals surface area (Å²) in [5.74, 6) is -1.07. The van der Waals surface area contributed by atoms with E-state index in [2.05, 4.69) is 15.5 Å². The average Bonchev–Trinajstić information content (AvgIpc) is 3.38. The zero-order chi connectivity index (χ0) is 25.9. The lowest BCUT2D eigenvalue weighted by Gasteiger charge is -2.38. The molecule has 1 N–H and O–H groups in total. The molecule has 1 saturated heterocycles. The number of alkyl halides is 3. The minimum Gasteiger partial charge on any atom is -0.390 e. The van der Waals surface area contributed by atoms with E-state index >= 15 is 0 Å². The Hall–Kier alpha value is -3.85. The van der Waals surface area contributed by atoms with Gasteiger partial charge in [-0.05, 0) is 71.5 Å². The fourth-order valence-corrected chi connectivity index (χ4v) is 4.29. The van der Waals surface area contributed by atoms with Crippen LogP contribution in [-0.2, 0) is 23.8 Å². The van der Waals surface area contributed by atoms with Gasteiger partial charge in [0.2, 0.25) is 5.91 Å². The summed E-state index contributed by atoms with van der Waals surface area (Å²) in [6, 6.07) is 9.56. The van der Waals surface area contributed by atoms with Crippen LogP contribution >= 0.6 is 0 Å². The molecule has 0 bridgehead atoms. The molecule has 36 heavy (non-hydrogen) atoms. The summed E-state index contributed by atoms with van der Waals surface area (Å²) in [7, 11) is 0. The van der Waals surface area contributed by atoms with E-state index in [1.54, 1.807) is 12.1 Å². The van der Waals surface area contributed by atoms with E-state index in [1.165, 1.54) is 35.5 Å². The van der Waals surface area contributed by atoms with Crippen molar-refractivity contribution in [2.24, 2.45) is 0 Å². The molecule has 2 aromatic carbocycles. The Morgan fingerprint density at radius 3 is 2.56 bits per heavy atom. The molecular formula is C24H22F4N6O2. The fraction of sp³-hybridized carbons (Fsp3) is 0.375. The van der Waals surface area contributed by atoms with Gasteiger partial charge in [0.05, 0.1) is 28.8 Å². The van der Waals surface area contributed by atoms with E-state index in [-0.39, 0.29) is 42.7 Å². The van der Waals surface area contributed by atoms with Gasteiger partial charge in [0.25, 0.3) is 0 Å². The molecule has 8 nitrogen and oxygen atoms in total. The Balaban J connectivity index is 1.38. The average molecular weight is 502 g/mol. The molecular weight excluding hydrogens is 480 g/mol. The van der Waals surface area contributed by atoms with Gasteiger partial charge < -0.3 is 10.0 Å². The van der Waals surface area contributed by atoms with Crippen LogP contribution < -0.4 is 0 Å². The summed E-state index contributed by atoms with van der Waals surface area (Å²) in [6.07, 6.45) is -2.65. The van der Waals surface area contributed by atoms with Gasteiger partial charge in [0.15, 0.2) is 0 Å². The van der Waals surface area contributed by atoms with Gasteiger partial charge in [-0.2, -0.15) is 18.4 Å². The van der Waals surface area contributed by atoms with Gasteiger partial charge in [-0.25, -0.2) is 9.07 Å². The summed E-state index contributed by atoms with van der Waals surface area (Å²) < 4.78 is 55.7. The first-order chi connectivity index (χ1) is 17.1. The molecule has 0 unspecified atom stereocenters. The summed E-state index contributed by atoms with van der Waals surface area (Å²) in [5, 5.41) is 30.3. The Kier molecular flexibility index (Phi) is 7.03. The maximum absolute atomic E-state index is 13.7. The molecule has 1 aromatic heterocycles. The number of hydrogen-bond acceptors (Lipinski definition) is 6. The second-order valence-electron chi connectivity index (χ2n) is 8.80. The van der Waals surface area contributed by atoms with Crippen molar-refractivity contribution in [2.45, 2.75) is 43.9 Å². The number of halogens is 4. The Morgan fingerprint density at radius 2 is 1.92 bits per heavy atom. The third kappa shape index (κ3) is 5.68. The van der Waals surface area contributed by atoms with Gasteiger partial charge in [-0.15, -0.1) is 5.10 Å². The van der Waals surface area contributed by atoms with Crippen molar-refractivity contribution in [3.8, 4) is 11.8 Å². The number of amides is 1. The maximum atomic E-state index is 13.7. The van der Waals surface area contributed by atoms with Crippen LogP contribution in [0.5, 0.6) is 0 Å². The molecule has 0 atom stereocenters. The standard InChI is InChI=1S/C24H22F4N6O2/c25-21-4-1-16(11-18(21)14-29)5-6-23(36)7-9-33(10-8-23)22(35)12-17-2-3-19(34-15-30-31-32-34)13-20(17)24(26,27)28/h1-4,11,13,15,36H,5-10,12H2. The summed E-state index contributed by atoms with van der Waals surface area (Å²) in [5.41, 5.74) is -1.39. The predicted molar refractivity (Wildman–Crippen MR) is 118 cm³/mol. The minimum atomic E-state index is -4.67. The Labute approximate surface area is 203 Å². The normalized spacial score (nSPS) is 15.5. The lowest BCUT2D eigenvalue weighted by atomic mass is 9.85. The second kappa shape index (κ2) is 10.0. The number of hydrogen-bond donors (Lipinski definition) is 1. The number of nitrogens with zero attached hydrogens (tertiary/aromatic N) is 6. The quantitative estimate of drug-likeness (QED) is 0.519. The molecule has 4 rings (SSSR count). The molecule has 12 heteroatoms. The molecule has 1 aliphatic rings. The first-order valence-electron chi connectivity index (χ1n) is 11.2. The minimum absolute atomic E-state index is 0.0656. The highest BCUT2D eigenvalue weighted by molar-refractivity contribution is 5.79. The van der Waals surface area contributed by atoms with Crippen LogP contribution in [0, 0.1) is 17.1 Å². The summed E-state index contributed by atoms with van der Waals surface area (Å²) in [4.78, 5) is 14.3. The Bertz CT molecular complexity index is 1280. The maximum Gasteiger partial charge on any atom is 0.416 e. The van der Waals surface area contributed by atoms with Crippen LogP contribution in [0.4, 0.5) is 17.6 Å². The van der Waals surface area contributed by atoms with Crippen molar-refractivity contribution in [1.29, 1.82) is 5.26 Å². The highest BCUT2D eigenvalue weighted by Crippen LogP contribution is 2.34. The number of carbonyl (C=O) groups is 1. The van der Waals surface area contributed by atoms with Gasteiger partial charge >= 0.3 is 6.18 Å². The third-order valence-corrected chi connectivity index (χ3v) is 6.43. The fourth-order valence-electron chi connectivity index (χ4n) is 4.29. The van der Waals surface area contributed by atoms with Gasteiger partial charge in [0.1, 0.15) is 18.2 Å². The predicted octanol–water partition coefficient (Wildman–Crippen LogP) is 3.22. The zero-order valence-electron chi connectivity index (χ0n) is 19.0. The smallest absolute Gasteiger partial charge is 0.390 e. The number of benzene rings is 2. The molecule has 1 amide bonds. The van der Waals surface area contributed by atoms with Gasteiger partial charge in [-0.3, -0.25) is 4.79 Å². The first kappa shape index (κ1) is 25.2. The van der Waals surface area contributed by atoms with E-state index in [9.17, 15) is 27.5 Å². The van der Waals surface area contributed by atoms with Crippen molar-refractivity contribution in [3.05, 3.63) is 70.8 Å². The van der Waals surface area contributed by atoms with Crippen LogP contribution in [0.25, 0.3) is 5.69 Å². The largest absolute Gasteiger partial charge is 0.416 e. The number of aryl methyl sites for hydroxylation is 1. The van der Waals surface area contributed by atoms with Crippen LogP contribution in [-0.4, -0.2) is 54.8 Å². The van der Waals surface area contributed by atoms with Crippen molar-refractivity contribution in [2.75, 3.05) is 13.1 Å². The van der Waals surface area contributed by atoms with E-state index in [1.807, 2.05) is 0 Å². The molecule has 1 fully saturated rings. The number of rotatable bonds is 6. The van der Waals surface area contributed by atoms with E-state index in [4.69, 9.17) is 5.26 Å². The molecule has 1 aliphatic heterocycles. The highest BCUT2D eigenvalue weighted by atomic mass is 19.4. The SMILES string of the molecule is N#Cc1cc(CCC2(O)CCN(C(=O)Cc3ccc(-n4cnnn4)cc3C(F)(F)F)CC2)ccc1F. The van der Waals surface area contributed by atoms with E-state index < -0.39 is 35.5 Å². The number of likely N-dealkylation sites (tertiary alicyclic amines) is 1. The number of carbonyl (C=O) groups excluding carboxylic acids is 1. The highest BCUT2D eigenvalue weighted by Gasteiger charge is 2.36. The molecule has 0 spiro atoms. The molecule has 2 heterocycles. The molecule has 188 valence electrons. The van der Waals surface area contributed by atoms with Crippen molar-refractivity contribution in [3.63, 3.8) is 0 Å². The number of aliphatic hydroxyl groups is 1. The Morgan fingerprint density at radius 1 is 1.17 bits per heavy atom. The van der Waals surface area contributed by atoms with Crippen LogP contribution in [0.3, 0.4) is 0 Å². The zero-order valence-corrected chi connectivity index (χ0v) is 19.0. The molecule has 3 aromatic rings. The van der Waals surface area contributed by atoms with Crippen LogP contribution in [0.2, 0.25) is 0 Å². The number of tetrazole rings is 1. The van der Waals surface area contributed by atoms with Gasteiger partial charge in [-0.1, -0.05) is 12.1 Å². The molecule has 0 saturated carbocycles. The lowest BCUT2D eigenvalue weighted by molar-refractivity contribution is -0.139. The first-order valence-corrected chi connectivity index (χ1v) is 11.2. The lowest BCUT2D eigenvalue weighted by Crippen LogP contribution is -2.47. The van der Waals surface area contributed by atoms with Crippen molar-refractivity contribution < 1.29 is 27.5 Å². The van der Waals surface area contributed by atoms with Crippen molar-refractivity contribution >= 4 is 5.91 Å². The van der Waals surface area contributed by atoms with Crippen LogP contribution in [0.15, 0.2) is 42.7 Å². The summed E-state index contributed by atoms with van der Waals surface area (Å²) in [6.45, 7) is 0.401. The van der Waals surface area contributed by atoms with E-state index in [0.717, 1.165) is 10.7 Å². The van der Waals surface area contributed by atoms with E-state index in [0.29, 0.717) is 18.4 Å². The summed E-state index contributed by atoms with van der Waals surface area (Å²) >= 11 is 0. The molecule has 0 aliphatic carbocycles. The second-order valence-corrected chi connectivity index (χ2v) is 8.80. The monoisotopic (exact) mass is 502 g/mol. The number of piperidine rings is 1. The number of aromatic nitrogens is 4. The van der Waals surface area contributed by atoms with Crippen molar-refractivity contribution in [1.82, 2.24) is 25.1 Å².